The van der Waals surface area contributed by atoms with Gasteiger partial charge >= 0.3 is 12.1 Å². The smallest absolute Gasteiger partial charge is 0.465 e. The zero-order chi connectivity index (χ0) is 39.6. The molecule has 1 unspecified atom stereocenters. The number of hydrogen-bond acceptors (Lipinski definition) is 7. The summed E-state index contributed by atoms with van der Waals surface area (Å²) in [7, 11) is 0. The molecule has 0 saturated heterocycles. The number of carbonyl (C=O) groups is 2. The summed E-state index contributed by atoms with van der Waals surface area (Å²) in [6.07, 6.45) is 38.1. The van der Waals surface area contributed by atoms with E-state index in [2.05, 4.69) is 32.6 Å². The van der Waals surface area contributed by atoms with Gasteiger partial charge in [0, 0.05) is 6.54 Å². The molecule has 0 aliphatic rings. The van der Waals surface area contributed by atoms with Gasteiger partial charge in [0.25, 0.3) is 0 Å². The van der Waals surface area contributed by atoms with E-state index in [1.807, 2.05) is 0 Å². The van der Waals surface area contributed by atoms with Gasteiger partial charge in [-0.1, -0.05) is 175 Å². The standard InChI is InChI=1S/C47H93NO6/c1-5-9-13-15-16-17-18-23-29-37-45(36-28-14-10-6-2)54-47(51)53-43-33-27-22-20-25-31-39-48(40-41-49)38-30-24-19-21-26-32-42-52-46(50)44(34-11-7-3)35-12-8-4/h44-45,49H,5-43H2,1-4H3. The molecule has 0 rings (SSSR count). The molecule has 0 saturated carbocycles. The van der Waals surface area contributed by atoms with Crippen molar-refractivity contribution in [2.75, 3.05) is 39.5 Å². The van der Waals surface area contributed by atoms with E-state index in [9.17, 15) is 14.7 Å². The highest BCUT2D eigenvalue weighted by atomic mass is 16.7. The van der Waals surface area contributed by atoms with Crippen LogP contribution < -0.4 is 0 Å². The lowest BCUT2D eigenvalue weighted by atomic mass is 9.96. The molecule has 0 aromatic carbocycles. The summed E-state index contributed by atoms with van der Waals surface area (Å²) in [6, 6.07) is 0. The zero-order valence-corrected chi connectivity index (χ0v) is 36.7. The summed E-state index contributed by atoms with van der Waals surface area (Å²) in [5.41, 5.74) is 0. The van der Waals surface area contributed by atoms with Gasteiger partial charge in [0.15, 0.2) is 0 Å². The molecule has 0 aliphatic carbocycles. The number of hydrogen-bond donors (Lipinski definition) is 1. The first-order valence-electron chi connectivity index (χ1n) is 23.8. The summed E-state index contributed by atoms with van der Waals surface area (Å²) in [5, 5.41) is 9.56. The summed E-state index contributed by atoms with van der Waals surface area (Å²) in [6.45, 7) is 13.0. The molecule has 7 heteroatoms. The van der Waals surface area contributed by atoms with E-state index in [0.717, 1.165) is 122 Å². The molecule has 7 nitrogen and oxygen atoms in total. The van der Waals surface area contributed by atoms with Crippen LogP contribution in [0.1, 0.15) is 240 Å². The van der Waals surface area contributed by atoms with Crippen molar-refractivity contribution in [3.63, 3.8) is 0 Å². The first kappa shape index (κ1) is 52.7. The Kier molecular flexibility index (Phi) is 41.7. The maximum absolute atomic E-state index is 12.5. The molecular weight excluding hydrogens is 675 g/mol. The van der Waals surface area contributed by atoms with Crippen molar-refractivity contribution in [2.45, 2.75) is 246 Å². The molecule has 322 valence electrons. The van der Waals surface area contributed by atoms with Crippen molar-refractivity contribution >= 4 is 12.1 Å². The summed E-state index contributed by atoms with van der Waals surface area (Å²) in [4.78, 5) is 27.4. The quantitative estimate of drug-likeness (QED) is 0.0488. The van der Waals surface area contributed by atoms with E-state index >= 15 is 0 Å². The van der Waals surface area contributed by atoms with Gasteiger partial charge in [-0.25, -0.2) is 4.79 Å². The zero-order valence-electron chi connectivity index (χ0n) is 36.7. The Morgan fingerprint density at radius 1 is 0.444 bits per heavy atom. The van der Waals surface area contributed by atoms with E-state index in [4.69, 9.17) is 14.2 Å². The lowest BCUT2D eigenvalue weighted by Crippen LogP contribution is -2.29. The van der Waals surface area contributed by atoms with Crippen LogP contribution in [0.2, 0.25) is 0 Å². The molecule has 54 heavy (non-hydrogen) atoms. The Balaban J connectivity index is 3.95. The molecule has 0 spiro atoms. The predicted octanol–water partition coefficient (Wildman–Crippen LogP) is 13.9. The van der Waals surface area contributed by atoms with Gasteiger partial charge < -0.3 is 24.2 Å². The second-order valence-corrected chi connectivity index (χ2v) is 16.3. The summed E-state index contributed by atoms with van der Waals surface area (Å²) < 4.78 is 16.9. The summed E-state index contributed by atoms with van der Waals surface area (Å²) in [5.74, 6) is 0.123. The number of ether oxygens (including phenoxy) is 3. The van der Waals surface area contributed by atoms with Crippen molar-refractivity contribution < 1.29 is 28.9 Å². The van der Waals surface area contributed by atoms with E-state index in [1.54, 1.807) is 0 Å². The molecule has 0 bridgehead atoms. The molecule has 0 aliphatic heterocycles. The second-order valence-electron chi connectivity index (χ2n) is 16.3. The van der Waals surface area contributed by atoms with Crippen LogP contribution in [0.4, 0.5) is 4.79 Å². The first-order valence-corrected chi connectivity index (χ1v) is 23.8. The minimum Gasteiger partial charge on any atom is -0.465 e. The molecular formula is C47H93NO6. The Hall–Kier alpha value is -1.34. The Labute approximate surface area is 336 Å². The Morgan fingerprint density at radius 3 is 1.30 bits per heavy atom. The molecule has 0 aromatic rings. The monoisotopic (exact) mass is 768 g/mol. The molecule has 0 radical (unpaired) electrons. The molecule has 0 heterocycles. The Morgan fingerprint density at radius 2 is 0.833 bits per heavy atom. The van der Waals surface area contributed by atoms with E-state index in [-0.39, 0.29) is 24.6 Å². The third kappa shape index (κ3) is 36.3. The largest absolute Gasteiger partial charge is 0.508 e. The predicted molar refractivity (Wildman–Crippen MR) is 229 cm³/mol. The van der Waals surface area contributed by atoms with Crippen LogP contribution in [0.3, 0.4) is 0 Å². The van der Waals surface area contributed by atoms with Crippen LogP contribution in [0.15, 0.2) is 0 Å². The topological polar surface area (TPSA) is 85.3 Å². The maximum Gasteiger partial charge on any atom is 0.508 e. The highest BCUT2D eigenvalue weighted by Gasteiger charge is 2.19. The maximum atomic E-state index is 12.5. The molecule has 1 atom stereocenters. The van der Waals surface area contributed by atoms with Gasteiger partial charge in [0.05, 0.1) is 25.7 Å². The average Bonchev–Trinajstić information content (AvgIpc) is 3.17. The van der Waals surface area contributed by atoms with E-state index < -0.39 is 6.16 Å². The van der Waals surface area contributed by atoms with E-state index in [1.165, 1.54) is 109 Å². The van der Waals surface area contributed by atoms with Gasteiger partial charge in [-0.3, -0.25) is 4.79 Å². The number of carbonyl (C=O) groups excluding carboxylic acids is 2. The van der Waals surface area contributed by atoms with Crippen molar-refractivity contribution in [2.24, 2.45) is 5.92 Å². The third-order valence-electron chi connectivity index (χ3n) is 11.0. The first-order chi connectivity index (χ1) is 26.5. The van der Waals surface area contributed by atoms with Crippen molar-refractivity contribution in [3.05, 3.63) is 0 Å². The number of nitrogens with zero attached hydrogens (tertiary/aromatic N) is 1. The SMILES string of the molecule is CCCCCCCCCCCC(CCCCCC)OC(=O)OCCCCCCCCN(CCO)CCCCCCCCOC(=O)C(CCCC)CCCC. The van der Waals surface area contributed by atoms with Crippen molar-refractivity contribution in [1.29, 1.82) is 0 Å². The number of rotatable bonds is 43. The fraction of sp³-hybridized carbons (Fsp3) is 0.957. The molecule has 1 N–H and O–H groups in total. The molecule has 0 aromatic heterocycles. The van der Waals surface area contributed by atoms with Crippen LogP contribution in [-0.2, 0) is 19.0 Å². The number of aliphatic hydroxyl groups excluding tert-OH is 1. The van der Waals surface area contributed by atoms with Crippen LogP contribution in [-0.4, -0.2) is 67.7 Å². The fourth-order valence-corrected chi connectivity index (χ4v) is 7.41. The van der Waals surface area contributed by atoms with Crippen LogP contribution >= 0.6 is 0 Å². The third-order valence-corrected chi connectivity index (χ3v) is 11.0. The Bertz CT molecular complexity index is 771. The molecule has 0 amide bonds. The van der Waals surface area contributed by atoms with Crippen LogP contribution in [0.5, 0.6) is 0 Å². The minimum atomic E-state index is -0.470. The fourth-order valence-electron chi connectivity index (χ4n) is 7.41. The van der Waals surface area contributed by atoms with Crippen LogP contribution in [0, 0.1) is 5.92 Å². The molecule has 0 fully saturated rings. The lowest BCUT2D eigenvalue weighted by Gasteiger charge is -2.21. The number of esters is 1. The van der Waals surface area contributed by atoms with Gasteiger partial charge in [-0.05, 0) is 77.3 Å². The number of aliphatic hydroxyl groups is 1. The minimum absolute atomic E-state index is 0.00186. The average molecular weight is 768 g/mol. The van der Waals surface area contributed by atoms with Crippen molar-refractivity contribution in [1.82, 2.24) is 4.90 Å². The normalized spacial score (nSPS) is 12.1. The number of unbranched alkanes of at least 4 members (excludes halogenated alkanes) is 23. The lowest BCUT2D eigenvalue weighted by molar-refractivity contribution is -0.149. The summed E-state index contributed by atoms with van der Waals surface area (Å²) >= 11 is 0. The van der Waals surface area contributed by atoms with Gasteiger partial charge in [-0.15, -0.1) is 0 Å². The van der Waals surface area contributed by atoms with Crippen LogP contribution in [0.25, 0.3) is 0 Å². The van der Waals surface area contributed by atoms with Crippen molar-refractivity contribution in [3.8, 4) is 0 Å². The second kappa shape index (κ2) is 42.8. The highest BCUT2D eigenvalue weighted by molar-refractivity contribution is 5.72. The van der Waals surface area contributed by atoms with E-state index in [0.29, 0.717) is 13.2 Å². The highest BCUT2D eigenvalue weighted by Crippen LogP contribution is 2.20. The van der Waals surface area contributed by atoms with Gasteiger partial charge in [0.1, 0.15) is 6.10 Å². The van der Waals surface area contributed by atoms with Gasteiger partial charge in [-0.2, -0.15) is 0 Å². The van der Waals surface area contributed by atoms with Gasteiger partial charge in [0.2, 0.25) is 0 Å².